The van der Waals surface area contributed by atoms with E-state index in [-0.39, 0.29) is 6.17 Å². The first-order valence-electron chi connectivity index (χ1n) is 16.2. The Labute approximate surface area is 254 Å². The Balaban J connectivity index is 0.800. The van der Waals surface area contributed by atoms with Crippen LogP contribution >= 0.6 is 11.8 Å². The summed E-state index contributed by atoms with van der Waals surface area (Å²) >= 11 is 2.23. The van der Waals surface area contributed by atoms with Crippen LogP contribution < -0.4 is 21.3 Å². The molecular formula is C33H44N8S. The number of nitrogens with one attached hydrogen (secondary N) is 4. The molecule has 5 saturated heterocycles. The minimum atomic E-state index is 0.217. The standard InChI is InChI=1S/C33H44N8S/c1-39-19-25(41-17-23(18-41)31-35-13-21-7-3-5-9-29(21)38-31)11-27-26-10-24(14-36-32(26)42-33(27)39)40-15-22(16-40)30-34-12-20-6-2-4-8-28(20)37-30/h2-9,13,22-27,30-34,36-38H,10-12,14-19H2,1H3. The zero-order valence-electron chi connectivity index (χ0n) is 24.5. The summed E-state index contributed by atoms with van der Waals surface area (Å²) in [7, 11) is 2.38. The van der Waals surface area contributed by atoms with Crippen LogP contribution in [0.1, 0.15) is 24.0 Å². The van der Waals surface area contributed by atoms with Crippen LogP contribution in [0, 0.1) is 23.7 Å². The summed E-state index contributed by atoms with van der Waals surface area (Å²) in [6, 6.07) is 18.6. The molecule has 2 aromatic carbocycles. The predicted molar refractivity (Wildman–Crippen MR) is 172 cm³/mol. The van der Waals surface area contributed by atoms with Crippen molar-refractivity contribution in [2.75, 3.05) is 56.9 Å². The monoisotopic (exact) mass is 584 g/mol. The van der Waals surface area contributed by atoms with E-state index in [4.69, 9.17) is 4.99 Å². The van der Waals surface area contributed by atoms with Crippen LogP contribution in [0.4, 0.5) is 11.4 Å². The molecule has 42 heavy (non-hydrogen) atoms. The lowest BCUT2D eigenvalue weighted by molar-refractivity contribution is -0.0272. The Morgan fingerprint density at radius 3 is 2.45 bits per heavy atom. The summed E-state index contributed by atoms with van der Waals surface area (Å²) in [6.07, 6.45) is 5.39. The molecule has 9 rings (SSSR count). The van der Waals surface area contributed by atoms with Gasteiger partial charge in [0.15, 0.2) is 0 Å². The molecule has 7 aliphatic rings. The van der Waals surface area contributed by atoms with Crippen molar-refractivity contribution in [2.45, 2.75) is 54.5 Å². The average molecular weight is 585 g/mol. The highest BCUT2D eigenvalue weighted by atomic mass is 32.2. The van der Waals surface area contributed by atoms with Gasteiger partial charge in [-0.15, -0.1) is 11.8 Å². The molecule has 8 unspecified atom stereocenters. The van der Waals surface area contributed by atoms with Crippen molar-refractivity contribution in [3.63, 3.8) is 0 Å². The number of aliphatic imine (C=N–C) groups is 1. The molecule has 0 amide bonds. The van der Waals surface area contributed by atoms with E-state index in [2.05, 4.69) is 110 Å². The van der Waals surface area contributed by atoms with Gasteiger partial charge in [-0.1, -0.05) is 36.4 Å². The second kappa shape index (κ2) is 10.5. The SMILES string of the molecule is CN1CC(N2CC(C3N=Cc4ccccc4N3)C2)CC2C3CC(N4CC(C5NCc6ccccc6N5)C4)CNC3SC21. The van der Waals surface area contributed by atoms with E-state index in [0.717, 1.165) is 38.0 Å². The zero-order chi connectivity index (χ0) is 27.8. The van der Waals surface area contributed by atoms with Gasteiger partial charge < -0.3 is 16.0 Å². The van der Waals surface area contributed by atoms with Crippen molar-refractivity contribution < 1.29 is 0 Å². The molecule has 0 saturated carbocycles. The summed E-state index contributed by atoms with van der Waals surface area (Å²) in [5.74, 6) is 2.85. The highest BCUT2D eigenvalue weighted by Crippen LogP contribution is 2.52. The molecule has 0 aromatic heterocycles. The number of likely N-dealkylation sites (tertiary alicyclic amines) is 3. The van der Waals surface area contributed by atoms with Crippen LogP contribution in [-0.2, 0) is 6.54 Å². The molecule has 8 nitrogen and oxygen atoms in total. The number of fused-ring (bicyclic) bond motifs is 5. The van der Waals surface area contributed by atoms with Crippen LogP contribution in [0.15, 0.2) is 53.5 Å². The van der Waals surface area contributed by atoms with Crippen LogP contribution in [0.5, 0.6) is 0 Å². The molecule has 5 fully saturated rings. The number of thioether (sulfide) groups is 1. The Hall–Kier alpha value is -2.14. The molecule has 0 aliphatic carbocycles. The quantitative estimate of drug-likeness (QED) is 0.438. The highest BCUT2D eigenvalue weighted by molar-refractivity contribution is 8.00. The third kappa shape index (κ3) is 4.50. The Bertz CT molecular complexity index is 1340. The number of para-hydroxylation sites is 2. The molecule has 7 aliphatic heterocycles. The Morgan fingerprint density at radius 2 is 1.55 bits per heavy atom. The molecule has 222 valence electrons. The maximum atomic E-state index is 4.88. The van der Waals surface area contributed by atoms with Gasteiger partial charge in [0, 0.05) is 92.9 Å². The minimum absolute atomic E-state index is 0.217. The van der Waals surface area contributed by atoms with Crippen LogP contribution in [-0.4, -0.2) is 102 Å². The van der Waals surface area contributed by atoms with Gasteiger partial charge in [0.1, 0.15) is 6.17 Å². The smallest absolute Gasteiger partial charge is 0.123 e. The molecule has 0 radical (unpaired) electrons. The van der Waals surface area contributed by atoms with E-state index < -0.39 is 0 Å². The average Bonchev–Trinajstić information content (AvgIpc) is 3.34. The number of piperidine rings is 2. The lowest BCUT2D eigenvalue weighted by Crippen LogP contribution is -2.65. The topological polar surface area (TPSA) is 70.2 Å². The number of anilines is 2. The van der Waals surface area contributed by atoms with E-state index in [1.165, 1.54) is 55.0 Å². The molecule has 9 heteroatoms. The van der Waals surface area contributed by atoms with Crippen molar-refractivity contribution in [1.82, 2.24) is 25.3 Å². The molecule has 0 spiro atoms. The van der Waals surface area contributed by atoms with E-state index >= 15 is 0 Å². The number of nitrogens with zero attached hydrogens (tertiary/aromatic N) is 4. The van der Waals surface area contributed by atoms with Crippen molar-refractivity contribution in [3.05, 3.63) is 59.7 Å². The first-order valence-corrected chi connectivity index (χ1v) is 17.1. The largest absolute Gasteiger partial charge is 0.369 e. The fourth-order valence-corrected chi connectivity index (χ4v) is 10.8. The van der Waals surface area contributed by atoms with Crippen molar-refractivity contribution in [2.24, 2.45) is 28.7 Å². The molecule has 7 heterocycles. The van der Waals surface area contributed by atoms with Crippen molar-refractivity contribution in [1.29, 1.82) is 0 Å². The summed E-state index contributed by atoms with van der Waals surface area (Å²) in [5.41, 5.74) is 5.14. The number of likely N-dealkylation sites (N-methyl/N-ethyl adjacent to an activating group) is 1. The summed E-state index contributed by atoms with van der Waals surface area (Å²) < 4.78 is 0. The van der Waals surface area contributed by atoms with Crippen LogP contribution in [0.2, 0.25) is 0 Å². The van der Waals surface area contributed by atoms with Gasteiger partial charge in [-0.2, -0.15) is 0 Å². The number of hydrogen-bond donors (Lipinski definition) is 4. The van der Waals surface area contributed by atoms with Gasteiger partial charge in [0.2, 0.25) is 0 Å². The maximum absolute atomic E-state index is 4.88. The third-order valence-electron chi connectivity index (χ3n) is 11.5. The fourth-order valence-electron chi connectivity index (χ4n) is 9.01. The first-order chi connectivity index (χ1) is 20.7. The van der Waals surface area contributed by atoms with Crippen molar-refractivity contribution in [3.8, 4) is 0 Å². The van der Waals surface area contributed by atoms with Crippen LogP contribution in [0.3, 0.4) is 0 Å². The lowest BCUT2D eigenvalue weighted by atomic mass is 9.76. The second-order valence-corrected chi connectivity index (χ2v) is 15.2. The van der Waals surface area contributed by atoms with Crippen LogP contribution in [0.25, 0.3) is 0 Å². The molecule has 0 bridgehead atoms. The van der Waals surface area contributed by atoms with Gasteiger partial charge in [-0.25, -0.2) is 0 Å². The Morgan fingerprint density at radius 1 is 0.786 bits per heavy atom. The van der Waals surface area contributed by atoms with E-state index in [9.17, 15) is 0 Å². The normalized spacial score (nSPS) is 38.7. The van der Waals surface area contributed by atoms with E-state index in [0.29, 0.717) is 40.8 Å². The molecule has 2 aromatic rings. The van der Waals surface area contributed by atoms with E-state index in [1.807, 2.05) is 0 Å². The van der Waals surface area contributed by atoms with Crippen molar-refractivity contribution >= 4 is 29.4 Å². The second-order valence-electron chi connectivity index (χ2n) is 13.9. The third-order valence-corrected chi connectivity index (χ3v) is 13.3. The zero-order valence-corrected chi connectivity index (χ0v) is 25.3. The number of benzene rings is 2. The number of hydrogen-bond acceptors (Lipinski definition) is 9. The van der Waals surface area contributed by atoms with E-state index in [1.54, 1.807) is 0 Å². The minimum Gasteiger partial charge on any atom is -0.369 e. The highest BCUT2D eigenvalue weighted by Gasteiger charge is 2.54. The van der Waals surface area contributed by atoms with Gasteiger partial charge in [0.25, 0.3) is 0 Å². The number of rotatable bonds is 4. The van der Waals surface area contributed by atoms with Gasteiger partial charge in [-0.3, -0.25) is 25.0 Å². The summed E-state index contributed by atoms with van der Waals surface area (Å²) in [4.78, 5) is 13.1. The summed E-state index contributed by atoms with van der Waals surface area (Å²) in [5, 5.41) is 16.5. The first kappa shape index (κ1) is 26.3. The summed E-state index contributed by atoms with van der Waals surface area (Å²) in [6.45, 7) is 8.07. The lowest BCUT2D eigenvalue weighted by Gasteiger charge is -2.53. The predicted octanol–water partition coefficient (Wildman–Crippen LogP) is 2.96. The van der Waals surface area contributed by atoms with Gasteiger partial charge >= 0.3 is 0 Å². The van der Waals surface area contributed by atoms with Gasteiger partial charge in [0.05, 0.1) is 16.9 Å². The fraction of sp³-hybridized carbons (Fsp3) is 0.606. The Kier molecular flexibility index (Phi) is 6.56. The molecule has 4 N–H and O–H groups in total. The molecule has 8 atom stereocenters. The molecular weight excluding hydrogens is 540 g/mol. The maximum Gasteiger partial charge on any atom is 0.123 e. The van der Waals surface area contributed by atoms with Gasteiger partial charge in [-0.05, 0) is 49.4 Å².